The van der Waals surface area contributed by atoms with E-state index in [0.29, 0.717) is 5.56 Å². The van der Waals surface area contributed by atoms with Gasteiger partial charge in [-0.1, -0.05) is 42.5 Å². The van der Waals surface area contributed by atoms with Gasteiger partial charge >= 0.3 is 5.97 Å². The molecule has 0 bridgehead atoms. The normalized spacial score (nSPS) is 13.6. The number of nitrogens with one attached hydrogen (secondary N) is 1. The number of rotatable bonds is 5. The van der Waals surface area contributed by atoms with E-state index in [2.05, 4.69) is 10.2 Å². The van der Waals surface area contributed by atoms with E-state index < -0.39 is 5.97 Å². The van der Waals surface area contributed by atoms with Crippen LogP contribution in [0.4, 0.5) is 11.4 Å². The van der Waals surface area contributed by atoms with Crippen molar-refractivity contribution in [2.24, 2.45) is 0 Å². The molecule has 0 radical (unpaired) electrons. The molecule has 3 aromatic rings. The van der Waals surface area contributed by atoms with Gasteiger partial charge in [0.2, 0.25) is 0 Å². The molecule has 1 saturated heterocycles. The summed E-state index contributed by atoms with van der Waals surface area (Å²) in [6.07, 6.45) is 0. The highest BCUT2D eigenvalue weighted by atomic mass is 32.2. The van der Waals surface area contributed by atoms with Gasteiger partial charge in [0.15, 0.2) is 0 Å². The summed E-state index contributed by atoms with van der Waals surface area (Å²) in [6, 6.07) is 20.6. The van der Waals surface area contributed by atoms with Crippen molar-refractivity contribution >= 4 is 35.0 Å². The number of benzene rings is 3. The standard InChI is InChI=1S/C25H24N2O3S/c1-17-7-9-20(27-11-13-31-14-12-27)16-22(17)24(28)26-23-15-19(8-10-21(23)25(29)30)18-5-3-2-4-6-18/h2-10,15-16H,11-14H2,1H3,(H,26,28)(H,29,30). The lowest BCUT2D eigenvalue weighted by Gasteiger charge is -2.29. The van der Waals surface area contributed by atoms with E-state index >= 15 is 0 Å². The van der Waals surface area contributed by atoms with Crippen molar-refractivity contribution in [1.29, 1.82) is 0 Å². The van der Waals surface area contributed by atoms with Crippen molar-refractivity contribution in [2.75, 3.05) is 34.8 Å². The summed E-state index contributed by atoms with van der Waals surface area (Å²) in [5, 5.41) is 12.5. The van der Waals surface area contributed by atoms with Crippen LogP contribution in [0, 0.1) is 6.92 Å². The van der Waals surface area contributed by atoms with Crippen LogP contribution in [0.25, 0.3) is 11.1 Å². The lowest BCUT2D eigenvalue weighted by atomic mass is 10.0. The van der Waals surface area contributed by atoms with Crippen LogP contribution < -0.4 is 10.2 Å². The fourth-order valence-electron chi connectivity index (χ4n) is 3.71. The second kappa shape index (κ2) is 9.27. The SMILES string of the molecule is Cc1ccc(N2CCSCC2)cc1C(=O)Nc1cc(-c2ccccc2)ccc1C(=O)O. The lowest BCUT2D eigenvalue weighted by molar-refractivity contribution is 0.0698. The molecule has 1 fully saturated rings. The van der Waals surface area contributed by atoms with Gasteiger partial charge in [0.05, 0.1) is 11.3 Å². The zero-order valence-corrected chi connectivity index (χ0v) is 18.1. The highest BCUT2D eigenvalue weighted by Gasteiger charge is 2.18. The number of aryl methyl sites for hydroxylation is 1. The average Bonchev–Trinajstić information content (AvgIpc) is 2.80. The molecule has 6 heteroatoms. The summed E-state index contributed by atoms with van der Waals surface area (Å²) in [5.41, 5.74) is 4.58. The summed E-state index contributed by atoms with van der Waals surface area (Å²) in [5.74, 6) is 0.762. The number of carbonyl (C=O) groups excluding carboxylic acids is 1. The minimum Gasteiger partial charge on any atom is -0.478 e. The first-order valence-electron chi connectivity index (χ1n) is 10.2. The molecule has 0 atom stereocenters. The fraction of sp³-hybridized carbons (Fsp3) is 0.200. The zero-order chi connectivity index (χ0) is 21.8. The van der Waals surface area contributed by atoms with Gasteiger partial charge in [-0.25, -0.2) is 4.79 Å². The van der Waals surface area contributed by atoms with Crippen molar-refractivity contribution in [3.63, 3.8) is 0 Å². The monoisotopic (exact) mass is 432 g/mol. The van der Waals surface area contributed by atoms with E-state index in [-0.39, 0.29) is 17.2 Å². The number of thioether (sulfide) groups is 1. The Morgan fingerprint density at radius 1 is 0.903 bits per heavy atom. The third-order valence-corrected chi connectivity index (χ3v) is 6.39. The van der Waals surface area contributed by atoms with E-state index in [1.807, 2.05) is 67.2 Å². The molecular weight excluding hydrogens is 408 g/mol. The molecule has 31 heavy (non-hydrogen) atoms. The lowest BCUT2D eigenvalue weighted by Crippen LogP contribution is -2.32. The molecule has 2 N–H and O–H groups in total. The summed E-state index contributed by atoms with van der Waals surface area (Å²) in [4.78, 5) is 27.2. The maximum absolute atomic E-state index is 13.2. The quantitative estimate of drug-likeness (QED) is 0.582. The van der Waals surface area contributed by atoms with E-state index in [1.54, 1.807) is 12.1 Å². The average molecular weight is 433 g/mol. The molecule has 1 heterocycles. The van der Waals surface area contributed by atoms with E-state index in [1.165, 1.54) is 6.07 Å². The van der Waals surface area contributed by atoms with Crippen LogP contribution in [0.15, 0.2) is 66.7 Å². The Kier molecular flexibility index (Phi) is 6.28. The first-order chi connectivity index (χ1) is 15.0. The van der Waals surface area contributed by atoms with Crippen LogP contribution in [0.1, 0.15) is 26.3 Å². The van der Waals surface area contributed by atoms with E-state index in [9.17, 15) is 14.7 Å². The molecule has 0 saturated carbocycles. The van der Waals surface area contributed by atoms with E-state index in [4.69, 9.17) is 0 Å². The third-order valence-electron chi connectivity index (χ3n) is 5.45. The van der Waals surface area contributed by atoms with Crippen LogP contribution in [0.5, 0.6) is 0 Å². The molecule has 0 aliphatic carbocycles. The van der Waals surface area contributed by atoms with Gasteiger partial charge in [0.25, 0.3) is 5.91 Å². The molecule has 1 amide bonds. The minimum atomic E-state index is -1.08. The summed E-state index contributed by atoms with van der Waals surface area (Å²) in [6.45, 7) is 3.80. The largest absolute Gasteiger partial charge is 0.478 e. The summed E-state index contributed by atoms with van der Waals surface area (Å²) < 4.78 is 0. The first-order valence-corrected chi connectivity index (χ1v) is 11.4. The van der Waals surface area contributed by atoms with Crippen molar-refractivity contribution < 1.29 is 14.7 Å². The molecule has 4 rings (SSSR count). The number of anilines is 2. The highest BCUT2D eigenvalue weighted by molar-refractivity contribution is 7.99. The first kappa shape index (κ1) is 21.0. The zero-order valence-electron chi connectivity index (χ0n) is 17.3. The topological polar surface area (TPSA) is 69.6 Å². The Bertz CT molecular complexity index is 1110. The predicted octanol–water partition coefficient (Wildman–Crippen LogP) is 5.17. The maximum Gasteiger partial charge on any atom is 0.337 e. The van der Waals surface area contributed by atoms with Gasteiger partial charge < -0.3 is 15.3 Å². The minimum absolute atomic E-state index is 0.0647. The second-order valence-corrected chi connectivity index (χ2v) is 8.71. The van der Waals surface area contributed by atoms with Crippen LogP contribution in [-0.4, -0.2) is 41.6 Å². The number of hydrogen-bond donors (Lipinski definition) is 2. The summed E-state index contributed by atoms with van der Waals surface area (Å²) in [7, 11) is 0. The van der Waals surface area contributed by atoms with Crippen molar-refractivity contribution in [1.82, 2.24) is 0 Å². The van der Waals surface area contributed by atoms with Crippen molar-refractivity contribution in [2.45, 2.75) is 6.92 Å². The molecule has 1 aliphatic heterocycles. The number of carboxylic acids is 1. The summed E-state index contributed by atoms with van der Waals surface area (Å²) >= 11 is 1.94. The Balaban J connectivity index is 1.65. The van der Waals surface area contributed by atoms with Crippen molar-refractivity contribution in [3.8, 4) is 11.1 Å². The second-order valence-electron chi connectivity index (χ2n) is 7.48. The van der Waals surface area contributed by atoms with E-state index in [0.717, 1.165) is 47.0 Å². The molecule has 0 aromatic heterocycles. The van der Waals surface area contributed by atoms with Gasteiger partial charge in [0.1, 0.15) is 0 Å². The Hall–Kier alpha value is -3.25. The van der Waals surface area contributed by atoms with Gasteiger partial charge in [-0.2, -0.15) is 11.8 Å². The maximum atomic E-state index is 13.2. The Morgan fingerprint density at radius 3 is 2.35 bits per heavy atom. The Morgan fingerprint density at radius 2 is 1.65 bits per heavy atom. The number of carboxylic acid groups (broad SMARTS) is 1. The molecule has 158 valence electrons. The number of aromatic carboxylic acids is 1. The number of carbonyl (C=O) groups is 2. The Labute approximate surface area is 186 Å². The molecular formula is C25H24N2O3S. The molecule has 5 nitrogen and oxygen atoms in total. The fourth-order valence-corrected chi connectivity index (χ4v) is 4.61. The molecule has 1 aliphatic rings. The van der Waals surface area contributed by atoms with Gasteiger partial charge in [0, 0.05) is 35.8 Å². The number of amides is 1. The highest BCUT2D eigenvalue weighted by Crippen LogP contribution is 2.28. The van der Waals surface area contributed by atoms with Crippen LogP contribution >= 0.6 is 11.8 Å². The molecule has 0 spiro atoms. The van der Waals surface area contributed by atoms with Crippen LogP contribution in [0.2, 0.25) is 0 Å². The van der Waals surface area contributed by atoms with Crippen molar-refractivity contribution in [3.05, 3.63) is 83.4 Å². The van der Waals surface area contributed by atoms with Gasteiger partial charge in [-0.3, -0.25) is 4.79 Å². The van der Waals surface area contributed by atoms with Gasteiger partial charge in [-0.05, 0) is 47.9 Å². The molecule has 0 unspecified atom stereocenters. The van der Waals surface area contributed by atoms with Crippen LogP contribution in [-0.2, 0) is 0 Å². The third kappa shape index (κ3) is 4.75. The predicted molar refractivity (Wildman–Crippen MR) is 128 cm³/mol. The smallest absolute Gasteiger partial charge is 0.337 e. The number of nitrogens with zero attached hydrogens (tertiary/aromatic N) is 1. The van der Waals surface area contributed by atoms with Crippen LogP contribution in [0.3, 0.4) is 0 Å². The number of hydrogen-bond acceptors (Lipinski definition) is 4. The van der Waals surface area contributed by atoms with Gasteiger partial charge in [-0.15, -0.1) is 0 Å². The molecule has 3 aromatic carbocycles.